The first kappa shape index (κ1) is 12.4. The molecule has 6 heteroatoms. The number of sulfonamides is 1. The van der Waals surface area contributed by atoms with Gasteiger partial charge >= 0.3 is 0 Å². The van der Waals surface area contributed by atoms with E-state index >= 15 is 0 Å². The minimum Gasteiger partial charge on any atom is -0.317 e. The summed E-state index contributed by atoms with van der Waals surface area (Å²) >= 11 is 0. The van der Waals surface area contributed by atoms with Gasteiger partial charge in [-0.3, -0.25) is 9.52 Å². The molecule has 0 aliphatic carbocycles. The van der Waals surface area contributed by atoms with Crippen LogP contribution in [0.15, 0.2) is 0 Å². The third-order valence-electron chi connectivity index (χ3n) is 1.99. The van der Waals surface area contributed by atoms with E-state index in [4.69, 9.17) is 5.73 Å². The predicted octanol–water partition coefficient (Wildman–Crippen LogP) is -0.420. The van der Waals surface area contributed by atoms with Gasteiger partial charge in [0.2, 0.25) is 10.0 Å². The van der Waals surface area contributed by atoms with Crippen LogP contribution in [0, 0.1) is 0 Å². The lowest BCUT2D eigenvalue weighted by molar-refractivity contribution is -0.124. The van der Waals surface area contributed by atoms with Crippen molar-refractivity contribution in [2.24, 2.45) is 5.73 Å². The molecule has 13 heavy (non-hydrogen) atoms. The Balaban J connectivity index is 4.60. The van der Waals surface area contributed by atoms with Crippen molar-refractivity contribution in [1.82, 2.24) is 4.72 Å². The Hall–Kier alpha value is -0.620. The number of nitrogens with two attached hydrogens (primary N) is 1. The molecule has 0 unspecified atom stereocenters. The molecule has 0 heterocycles. The molecule has 0 rings (SSSR count). The van der Waals surface area contributed by atoms with Crippen LogP contribution in [0.2, 0.25) is 0 Å². The summed E-state index contributed by atoms with van der Waals surface area (Å²) in [5.74, 6) is -0.639. The summed E-state index contributed by atoms with van der Waals surface area (Å²) < 4.78 is 23.3. The van der Waals surface area contributed by atoms with E-state index in [1.807, 2.05) is 4.72 Å². The Labute approximate surface area is 78.7 Å². The summed E-state index contributed by atoms with van der Waals surface area (Å²) in [6, 6.07) is 0. The Morgan fingerprint density at radius 1 is 1.38 bits per heavy atom. The number of carbonyl (C=O) groups is 1. The lowest BCUT2D eigenvalue weighted by Gasteiger charge is -2.24. The van der Waals surface area contributed by atoms with Crippen molar-refractivity contribution in [2.75, 3.05) is 6.26 Å². The number of carbonyl (C=O) groups excluding carboxylic acids is 1. The fraction of sp³-hybridized carbons (Fsp3) is 0.857. The molecule has 0 aromatic rings. The average Bonchev–Trinajstić information content (AvgIpc) is 2.00. The van der Waals surface area contributed by atoms with Crippen LogP contribution in [0.3, 0.4) is 0 Å². The van der Waals surface area contributed by atoms with Crippen molar-refractivity contribution < 1.29 is 13.2 Å². The topological polar surface area (TPSA) is 89.3 Å². The predicted molar refractivity (Wildman–Crippen MR) is 50.5 cm³/mol. The zero-order valence-corrected chi connectivity index (χ0v) is 8.94. The minimum atomic E-state index is -3.51. The molecule has 0 aliphatic heterocycles. The van der Waals surface area contributed by atoms with Crippen molar-refractivity contribution in [2.45, 2.75) is 32.2 Å². The second kappa shape index (κ2) is 4.06. The summed E-state index contributed by atoms with van der Waals surface area (Å²) in [6.07, 6.45) is 1.74. The van der Waals surface area contributed by atoms with E-state index in [0.29, 0.717) is 12.8 Å². The smallest absolute Gasteiger partial charge is 0.253 e. The maximum absolute atomic E-state index is 11.3. The van der Waals surface area contributed by atoms with Gasteiger partial charge in [-0.15, -0.1) is 0 Å². The van der Waals surface area contributed by atoms with Crippen molar-refractivity contribution in [3.05, 3.63) is 0 Å². The highest BCUT2D eigenvalue weighted by molar-refractivity contribution is 7.89. The fourth-order valence-electron chi connectivity index (χ4n) is 0.841. The molecular formula is C7H16N2O3S. The molecule has 0 spiro atoms. The summed E-state index contributed by atoms with van der Waals surface area (Å²) in [6.45, 7) is 3.48. The monoisotopic (exact) mass is 208 g/mol. The third kappa shape index (κ3) is 3.73. The van der Waals surface area contributed by atoms with Gasteiger partial charge in [-0.1, -0.05) is 13.8 Å². The molecule has 5 nitrogen and oxygen atoms in total. The molecule has 0 saturated carbocycles. The van der Waals surface area contributed by atoms with Crippen molar-refractivity contribution in [1.29, 1.82) is 0 Å². The lowest BCUT2D eigenvalue weighted by Crippen LogP contribution is -2.54. The zero-order valence-electron chi connectivity index (χ0n) is 8.12. The summed E-state index contributed by atoms with van der Waals surface area (Å²) in [7, 11) is -3.51. The van der Waals surface area contributed by atoms with Crippen molar-refractivity contribution in [3.8, 4) is 0 Å². The van der Waals surface area contributed by atoms with Gasteiger partial charge in [0.15, 0.2) is 0 Å². The molecule has 78 valence electrons. The average molecular weight is 208 g/mol. The Morgan fingerprint density at radius 3 is 2.00 bits per heavy atom. The van der Waals surface area contributed by atoms with Crippen LogP contribution in [-0.4, -0.2) is 26.1 Å². The molecule has 3 N–H and O–H groups in total. The molecule has 0 aliphatic rings. The molecule has 0 aromatic carbocycles. The number of rotatable bonds is 4. The van der Waals surface area contributed by atoms with E-state index in [-0.39, 0.29) is 0 Å². The maximum atomic E-state index is 11.3. The molecular weight excluding hydrogens is 192 g/mol. The second-order valence-corrected chi connectivity index (χ2v) is 4.82. The van der Waals surface area contributed by atoms with Crippen molar-refractivity contribution >= 4 is 15.9 Å². The fourth-order valence-corrected chi connectivity index (χ4v) is 1.38. The van der Waals surface area contributed by atoms with Crippen LogP contribution >= 0.6 is 0 Å². The van der Waals surface area contributed by atoms with Crippen molar-refractivity contribution in [3.63, 3.8) is 0 Å². The summed E-state index contributed by atoms with van der Waals surface area (Å²) in [5.41, 5.74) is 4.59. The van der Waals surface area contributed by atoms with E-state index < -0.39 is 21.5 Å². The number of hydrogen-bond acceptors (Lipinski definition) is 4. The molecule has 1 amide bonds. The van der Waals surface area contributed by atoms with E-state index in [2.05, 4.69) is 0 Å². The van der Waals surface area contributed by atoms with Crippen LogP contribution in [-0.2, 0) is 14.8 Å². The van der Waals surface area contributed by atoms with Crippen LogP contribution in [0.25, 0.3) is 0 Å². The van der Waals surface area contributed by atoms with Gasteiger partial charge in [0, 0.05) is 0 Å². The second-order valence-electron chi connectivity index (χ2n) is 3.07. The highest BCUT2D eigenvalue weighted by Crippen LogP contribution is 2.11. The van der Waals surface area contributed by atoms with E-state index in [1.54, 1.807) is 13.8 Å². The van der Waals surface area contributed by atoms with Gasteiger partial charge < -0.3 is 5.73 Å². The van der Waals surface area contributed by atoms with Gasteiger partial charge in [-0.05, 0) is 12.8 Å². The van der Waals surface area contributed by atoms with Gasteiger partial charge in [0.05, 0.1) is 11.8 Å². The highest BCUT2D eigenvalue weighted by Gasteiger charge is 2.31. The van der Waals surface area contributed by atoms with Gasteiger partial charge in [0.25, 0.3) is 5.91 Å². The molecule has 0 bridgehead atoms. The lowest BCUT2D eigenvalue weighted by atomic mass is 9.94. The number of amides is 1. The van der Waals surface area contributed by atoms with Gasteiger partial charge in [-0.25, -0.2) is 8.42 Å². The highest BCUT2D eigenvalue weighted by atomic mass is 32.2. The van der Waals surface area contributed by atoms with Gasteiger partial charge in [0.1, 0.15) is 0 Å². The normalized spacial score (nSPS) is 12.6. The Morgan fingerprint density at radius 2 is 1.77 bits per heavy atom. The SMILES string of the molecule is CCC(N)(CC)C(=O)NS(C)(=O)=O. The Bertz CT molecular complexity index is 280. The van der Waals surface area contributed by atoms with E-state index in [0.717, 1.165) is 6.26 Å². The Kier molecular flexibility index (Phi) is 3.87. The molecule has 0 aromatic heterocycles. The quantitative estimate of drug-likeness (QED) is 0.656. The third-order valence-corrected chi connectivity index (χ3v) is 2.55. The van der Waals surface area contributed by atoms with Crippen LogP contribution < -0.4 is 10.5 Å². The van der Waals surface area contributed by atoms with Gasteiger partial charge in [-0.2, -0.15) is 0 Å². The van der Waals surface area contributed by atoms with Crippen LogP contribution in [0.1, 0.15) is 26.7 Å². The van der Waals surface area contributed by atoms with E-state index in [9.17, 15) is 13.2 Å². The minimum absolute atomic E-state index is 0.408. The first-order valence-electron chi connectivity index (χ1n) is 4.06. The number of hydrogen-bond donors (Lipinski definition) is 2. The first-order valence-corrected chi connectivity index (χ1v) is 5.95. The van der Waals surface area contributed by atoms with Crippen LogP contribution in [0.5, 0.6) is 0 Å². The molecule has 0 atom stereocenters. The standard InChI is InChI=1S/C7H16N2O3S/c1-4-7(8,5-2)6(10)9-13(3,11)12/h4-5,8H2,1-3H3,(H,9,10). The maximum Gasteiger partial charge on any atom is 0.253 e. The zero-order chi connectivity index (χ0) is 10.7. The molecule has 0 fully saturated rings. The summed E-state index contributed by atoms with van der Waals surface area (Å²) in [5, 5.41) is 0. The molecule has 0 saturated heterocycles. The van der Waals surface area contributed by atoms with E-state index in [1.165, 1.54) is 0 Å². The first-order chi connectivity index (χ1) is 5.75. The number of nitrogens with one attached hydrogen (secondary N) is 1. The van der Waals surface area contributed by atoms with Crippen LogP contribution in [0.4, 0.5) is 0 Å². The molecule has 0 radical (unpaired) electrons. The largest absolute Gasteiger partial charge is 0.317 e. The summed E-state index contributed by atoms with van der Waals surface area (Å²) in [4.78, 5) is 11.3.